The minimum Gasteiger partial charge on any atom is -0.432 e. The second-order valence-corrected chi connectivity index (χ2v) is 7.54. The van der Waals surface area contributed by atoms with Gasteiger partial charge < -0.3 is 37.9 Å². The van der Waals surface area contributed by atoms with Crippen LogP contribution in [0.15, 0.2) is 0 Å². The van der Waals surface area contributed by atoms with Crippen LogP contribution in [0.4, 0.5) is 4.79 Å². The van der Waals surface area contributed by atoms with E-state index >= 15 is 0 Å². The van der Waals surface area contributed by atoms with Crippen LogP contribution in [0.25, 0.3) is 0 Å². The SMILES string of the molecule is COC(C)COC(C)COC(C)COC(=O)OCC(C)OCC(C)OCC(C)OC. The van der Waals surface area contributed by atoms with Crippen molar-refractivity contribution >= 4 is 6.16 Å². The third kappa shape index (κ3) is 16.8. The molecule has 0 bridgehead atoms. The van der Waals surface area contributed by atoms with Gasteiger partial charge in [0, 0.05) is 14.2 Å². The molecule has 30 heavy (non-hydrogen) atoms. The Kier molecular flexibility index (Phi) is 17.1. The summed E-state index contributed by atoms with van der Waals surface area (Å²) in [6.07, 6.45) is -1.40. The highest BCUT2D eigenvalue weighted by Gasteiger charge is 2.14. The third-order valence-corrected chi connectivity index (χ3v) is 4.14. The van der Waals surface area contributed by atoms with Crippen LogP contribution in [0.3, 0.4) is 0 Å². The van der Waals surface area contributed by atoms with Crippen molar-refractivity contribution in [1.29, 1.82) is 0 Å². The quantitative estimate of drug-likeness (QED) is 0.300. The molecule has 0 aromatic heterocycles. The molecule has 0 aromatic rings. The minimum atomic E-state index is -0.752. The summed E-state index contributed by atoms with van der Waals surface area (Å²) in [4.78, 5) is 11.7. The number of carbonyl (C=O) groups excluding carboxylic acids is 1. The van der Waals surface area contributed by atoms with Crippen molar-refractivity contribution in [3.05, 3.63) is 0 Å². The zero-order valence-corrected chi connectivity index (χ0v) is 19.9. The first-order chi connectivity index (χ1) is 14.2. The monoisotopic (exact) mass is 438 g/mol. The van der Waals surface area contributed by atoms with Crippen LogP contribution in [0, 0.1) is 0 Å². The Morgan fingerprint density at radius 3 is 1.07 bits per heavy atom. The molecule has 0 aliphatic carbocycles. The standard InChI is InChI=1S/C21H42O9/c1-15(23-7)9-25-17(3)11-27-19(5)13-29-21(22)30-14-20(6)28-12-18(4)26-10-16(2)24-8/h15-20H,9-14H2,1-8H3. The van der Waals surface area contributed by atoms with Crippen LogP contribution < -0.4 is 0 Å². The van der Waals surface area contributed by atoms with Gasteiger partial charge in [-0.25, -0.2) is 4.79 Å². The Labute approximate surface area is 181 Å². The molecule has 0 radical (unpaired) electrons. The minimum absolute atomic E-state index is 0.0319. The second-order valence-electron chi connectivity index (χ2n) is 7.54. The summed E-state index contributed by atoms with van der Waals surface area (Å²) in [7, 11) is 3.28. The normalized spacial score (nSPS) is 17.6. The fourth-order valence-corrected chi connectivity index (χ4v) is 1.94. The summed E-state index contributed by atoms with van der Waals surface area (Å²) in [6, 6.07) is 0. The molecule has 0 rings (SSSR count). The second kappa shape index (κ2) is 17.7. The molecule has 6 atom stereocenters. The first kappa shape index (κ1) is 29.0. The van der Waals surface area contributed by atoms with Gasteiger partial charge in [0.1, 0.15) is 13.2 Å². The maximum Gasteiger partial charge on any atom is 0.508 e. The third-order valence-electron chi connectivity index (χ3n) is 4.14. The van der Waals surface area contributed by atoms with Gasteiger partial charge in [-0.2, -0.15) is 0 Å². The molecule has 9 nitrogen and oxygen atoms in total. The van der Waals surface area contributed by atoms with Crippen molar-refractivity contribution in [3.63, 3.8) is 0 Å². The van der Waals surface area contributed by atoms with Gasteiger partial charge in [-0.1, -0.05) is 0 Å². The van der Waals surface area contributed by atoms with Crippen LogP contribution in [-0.4, -0.2) is 96.6 Å². The van der Waals surface area contributed by atoms with Gasteiger partial charge in [-0.05, 0) is 41.5 Å². The molecule has 0 N–H and O–H groups in total. The number of hydrogen-bond acceptors (Lipinski definition) is 9. The van der Waals surface area contributed by atoms with E-state index in [2.05, 4.69) is 0 Å². The van der Waals surface area contributed by atoms with Gasteiger partial charge in [-0.3, -0.25) is 0 Å². The van der Waals surface area contributed by atoms with Crippen LogP contribution in [-0.2, 0) is 37.9 Å². The first-order valence-corrected chi connectivity index (χ1v) is 10.5. The van der Waals surface area contributed by atoms with Crippen LogP contribution >= 0.6 is 0 Å². The largest absolute Gasteiger partial charge is 0.508 e. The van der Waals surface area contributed by atoms with Gasteiger partial charge >= 0.3 is 6.16 Å². The Balaban J connectivity index is 3.79. The lowest BCUT2D eigenvalue weighted by atomic mass is 10.4. The maximum atomic E-state index is 11.7. The molecular weight excluding hydrogens is 396 g/mol. The number of methoxy groups -OCH3 is 2. The summed E-state index contributed by atoms with van der Waals surface area (Å²) >= 11 is 0. The van der Waals surface area contributed by atoms with Crippen LogP contribution in [0.2, 0.25) is 0 Å². The van der Waals surface area contributed by atoms with Crippen molar-refractivity contribution in [2.75, 3.05) is 53.9 Å². The topological polar surface area (TPSA) is 90.9 Å². The molecule has 0 amide bonds. The Hall–Kier alpha value is -0.970. The molecule has 0 aliphatic heterocycles. The van der Waals surface area contributed by atoms with E-state index < -0.39 is 6.16 Å². The molecule has 9 heteroatoms. The van der Waals surface area contributed by atoms with E-state index in [4.69, 9.17) is 37.9 Å². The summed E-state index contributed by atoms with van der Waals surface area (Å²) in [5, 5.41) is 0. The van der Waals surface area contributed by atoms with Crippen molar-refractivity contribution < 1.29 is 42.7 Å². The Bertz CT molecular complexity index is 385. The number of carbonyl (C=O) groups is 1. The number of hydrogen-bond donors (Lipinski definition) is 0. The van der Waals surface area contributed by atoms with Gasteiger partial charge in [0.05, 0.1) is 63.1 Å². The molecule has 0 saturated heterocycles. The molecule has 0 aromatic carbocycles. The molecule has 0 aliphatic rings. The highest BCUT2D eigenvalue weighted by molar-refractivity contribution is 5.59. The van der Waals surface area contributed by atoms with E-state index in [9.17, 15) is 4.79 Å². The fourth-order valence-electron chi connectivity index (χ4n) is 1.94. The first-order valence-electron chi connectivity index (χ1n) is 10.5. The average molecular weight is 439 g/mol. The smallest absolute Gasteiger partial charge is 0.432 e. The molecule has 0 saturated carbocycles. The van der Waals surface area contributed by atoms with E-state index in [1.165, 1.54) is 0 Å². The number of ether oxygens (including phenoxy) is 8. The lowest BCUT2D eigenvalue weighted by Crippen LogP contribution is -2.28. The molecule has 0 heterocycles. The van der Waals surface area contributed by atoms with Crippen LogP contribution in [0.1, 0.15) is 41.5 Å². The van der Waals surface area contributed by atoms with E-state index in [1.54, 1.807) is 14.2 Å². The zero-order valence-electron chi connectivity index (χ0n) is 19.9. The molecule has 0 fully saturated rings. The lowest BCUT2D eigenvalue weighted by molar-refractivity contribution is -0.0804. The number of rotatable bonds is 18. The predicted octanol–water partition coefficient (Wildman–Crippen LogP) is 2.83. The van der Waals surface area contributed by atoms with E-state index in [1.807, 2.05) is 41.5 Å². The molecule has 6 unspecified atom stereocenters. The summed E-state index contributed by atoms with van der Waals surface area (Å²) in [5.74, 6) is 0. The van der Waals surface area contributed by atoms with Crippen LogP contribution in [0.5, 0.6) is 0 Å². The van der Waals surface area contributed by atoms with E-state index in [0.717, 1.165) is 0 Å². The zero-order chi connectivity index (χ0) is 22.9. The Morgan fingerprint density at radius 1 is 0.500 bits per heavy atom. The molecule has 0 spiro atoms. The van der Waals surface area contributed by atoms with Crippen molar-refractivity contribution in [2.45, 2.75) is 78.2 Å². The lowest BCUT2D eigenvalue weighted by Gasteiger charge is -2.20. The fraction of sp³-hybridized carbons (Fsp3) is 0.952. The summed E-state index contributed by atoms with van der Waals surface area (Å²) in [5.41, 5.74) is 0. The van der Waals surface area contributed by atoms with Gasteiger partial charge in [0.15, 0.2) is 0 Å². The van der Waals surface area contributed by atoms with E-state index in [0.29, 0.717) is 26.4 Å². The Morgan fingerprint density at radius 2 is 0.767 bits per heavy atom. The van der Waals surface area contributed by atoms with Gasteiger partial charge in [0.25, 0.3) is 0 Å². The summed E-state index contributed by atoms with van der Waals surface area (Å²) < 4.78 is 42.8. The highest BCUT2D eigenvalue weighted by atomic mass is 16.7. The van der Waals surface area contributed by atoms with E-state index in [-0.39, 0.29) is 49.8 Å². The average Bonchev–Trinajstić information content (AvgIpc) is 2.74. The van der Waals surface area contributed by atoms with Crippen molar-refractivity contribution in [1.82, 2.24) is 0 Å². The molecular formula is C21H42O9. The van der Waals surface area contributed by atoms with Crippen molar-refractivity contribution in [3.8, 4) is 0 Å². The summed E-state index contributed by atoms with van der Waals surface area (Å²) in [6.45, 7) is 13.3. The van der Waals surface area contributed by atoms with Gasteiger partial charge in [-0.15, -0.1) is 0 Å². The van der Waals surface area contributed by atoms with Gasteiger partial charge in [0.2, 0.25) is 0 Å². The maximum absolute atomic E-state index is 11.7. The van der Waals surface area contributed by atoms with Crippen molar-refractivity contribution in [2.24, 2.45) is 0 Å². The molecule has 180 valence electrons. The predicted molar refractivity (Wildman–Crippen MR) is 112 cm³/mol. The highest BCUT2D eigenvalue weighted by Crippen LogP contribution is 2.03.